The second kappa shape index (κ2) is 7.06. The van der Waals surface area contributed by atoms with Gasteiger partial charge in [0.1, 0.15) is 0 Å². The van der Waals surface area contributed by atoms with Gasteiger partial charge in [-0.05, 0) is 37.1 Å². The normalized spacial score (nSPS) is 9.94. The van der Waals surface area contributed by atoms with Gasteiger partial charge in [-0.2, -0.15) is 0 Å². The second-order valence-corrected chi connectivity index (χ2v) is 4.98. The molecule has 98 valence electrons. The molecule has 0 aliphatic carbocycles. The summed E-state index contributed by atoms with van der Waals surface area (Å²) in [5.41, 5.74) is 3.00. The molecular weight excluding hydrogens is 250 g/mol. The lowest BCUT2D eigenvalue weighted by Crippen LogP contribution is -2.16. The summed E-state index contributed by atoms with van der Waals surface area (Å²) in [7, 11) is 1.33. The fraction of sp³-hybridized carbons (Fsp3) is 0.385. The maximum absolute atomic E-state index is 11.6. The van der Waals surface area contributed by atoms with Crippen LogP contribution in [0.25, 0.3) is 0 Å². The SMILES string of the molecule is COC(=O)CSCC(=O)Nc1cc(C)cc(C)c1. The largest absolute Gasteiger partial charge is 0.468 e. The summed E-state index contributed by atoms with van der Waals surface area (Å²) in [4.78, 5) is 22.5. The first-order valence-corrected chi connectivity index (χ1v) is 6.69. The lowest BCUT2D eigenvalue weighted by molar-refractivity contribution is -0.137. The molecule has 0 atom stereocenters. The lowest BCUT2D eigenvalue weighted by atomic mass is 10.1. The zero-order chi connectivity index (χ0) is 13.5. The third-order valence-electron chi connectivity index (χ3n) is 2.19. The number of anilines is 1. The highest BCUT2D eigenvalue weighted by molar-refractivity contribution is 8.00. The van der Waals surface area contributed by atoms with E-state index in [9.17, 15) is 9.59 Å². The van der Waals surface area contributed by atoms with Crippen LogP contribution < -0.4 is 5.32 Å². The van der Waals surface area contributed by atoms with Gasteiger partial charge in [0.2, 0.25) is 5.91 Å². The van der Waals surface area contributed by atoms with Gasteiger partial charge < -0.3 is 10.1 Å². The maximum Gasteiger partial charge on any atom is 0.315 e. The van der Waals surface area contributed by atoms with Crippen molar-refractivity contribution < 1.29 is 14.3 Å². The number of ether oxygens (including phenoxy) is 1. The number of aryl methyl sites for hydroxylation is 2. The zero-order valence-electron chi connectivity index (χ0n) is 10.8. The molecule has 5 heteroatoms. The summed E-state index contributed by atoms with van der Waals surface area (Å²) in [6.45, 7) is 3.96. The molecule has 1 N–H and O–H groups in total. The summed E-state index contributed by atoms with van der Waals surface area (Å²) >= 11 is 1.24. The fourth-order valence-corrected chi connectivity index (χ4v) is 2.17. The van der Waals surface area contributed by atoms with Crippen molar-refractivity contribution in [2.24, 2.45) is 0 Å². The Hall–Kier alpha value is -1.49. The van der Waals surface area contributed by atoms with Crippen LogP contribution in [0.4, 0.5) is 5.69 Å². The van der Waals surface area contributed by atoms with Crippen molar-refractivity contribution in [3.63, 3.8) is 0 Å². The van der Waals surface area contributed by atoms with Crippen LogP contribution in [0.1, 0.15) is 11.1 Å². The van der Waals surface area contributed by atoms with Crippen LogP contribution in [0.5, 0.6) is 0 Å². The van der Waals surface area contributed by atoms with Crippen molar-refractivity contribution in [2.45, 2.75) is 13.8 Å². The summed E-state index contributed by atoms with van der Waals surface area (Å²) in [5.74, 6) is -0.00752. The number of carbonyl (C=O) groups is 2. The monoisotopic (exact) mass is 267 g/mol. The minimum atomic E-state index is -0.320. The molecule has 0 heterocycles. The highest BCUT2D eigenvalue weighted by atomic mass is 32.2. The molecule has 0 unspecified atom stereocenters. The van der Waals surface area contributed by atoms with Crippen LogP contribution >= 0.6 is 11.8 Å². The third kappa shape index (κ3) is 5.23. The molecule has 4 nitrogen and oxygen atoms in total. The van der Waals surface area contributed by atoms with Gasteiger partial charge in [-0.15, -0.1) is 11.8 Å². The van der Waals surface area contributed by atoms with Crippen molar-refractivity contribution in [2.75, 3.05) is 23.9 Å². The summed E-state index contributed by atoms with van der Waals surface area (Å²) in [5, 5.41) is 2.80. The lowest BCUT2D eigenvalue weighted by Gasteiger charge is -2.07. The standard InChI is InChI=1S/C13H17NO3S/c1-9-4-10(2)6-11(5-9)14-12(15)7-18-8-13(16)17-3/h4-6H,7-8H2,1-3H3,(H,14,15). The van der Waals surface area contributed by atoms with Gasteiger partial charge in [-0.3, -0.25) is 9.59 Å². The highest BCUT2D eigenvalue weighted by Gasteiger charge is 2.06. The Labute approximate surface area is 111 Å². The first kappa shape index (κ1) is 14.6. The first-order chi connectivity index (χ1) is 8.51. The Kier molecular flexibility index (Phi) is 5.71. The molecule has 1 aromatic carbocycles. The number of nitrogens with one attached hydrogen (secondary N) is 1. The second-order valence-electron chi connectivity index (χ2n) is 3.99. The van der Waals surface area contributed by atoms with E-state index in [1.807, 2.05) is 32.0 Å². The van der Waals surface area contributed by atoms with Crippen molar-refractivity contribution in [3.05, 3.63) is 29.3 Å². The van der Waals surface area contributed by atoms with E-state index in [4.69, 9.17) is 0 Å². The van der Waals surface area contributed by atoms with E-state index in [-0.39, 0.29) is 23.4 Å². The molecule has 0 saturated carbocycles. The van der Waals surface area contributed by atoms with Crippen molar-refractivity contribution in [1.29, 1.82) is 0 Å². The molecule has 0 saturated heterocycles. The van der Waals surface area contributed by atoms with Crippen molar-refractivity contribution in [3.8, 4) is 0 Å². The molecule has 0 aliphatic rings. The summed E-state index contributed by atoms with van der Waals surface area (Å²) in [6, 6.07) is 5.87. The van der Waals surface area contributed by atoms with Crippen LogP contribution in [0.3, 0.4) is 0 Å². The smallest absolute Gasteiger partial charge is 0.315 e. The minimum Gasteiger partial charge on any atom is -0.468 e. The Morgan fingerprint density at radius 1 is 1.17 bits per heavy atom. The van der Waals surface area contributed by atoms with Gasteiger partial charge >= 0.3 is 5.97 Å². The van der Waals surface area contributed by atoms with Crippen LogP contribution in [0.15, 0.2) is 18.2 Å². The first-order valence-electron chi connectivity index (χ1n) is 5.54. The van der Waals surface area contributed by atoms with E-state index in [1.54, 1.807) is 0 Å². The zero-order valence-corrected chi connectivity index (χ0v) is 11.6. The van der Waals surface area contributed by atoms with E-state index in [0.29, 0.717) is 0 Å². The number of methoxy groups -OCH3 is 1. The predicted molar refractivity (Wildman–Crippen MR) is 73.9 cm³/mol. The third-order valence-corrected chi connectivity index (χ3v) is 3.09. The summed E-state index contributed by atoms with van der Waals surface area (Å²) < 4.78 is 4.49. The van der Waals surface area contributed by atoms with Crippen LogP contribution in [-0.4, -0.2) is 30.5 Å². The van der Waals surface area contributed by atoms with Gasteiger partial charge in [0.15, 0.2) is 0 Å². The predicted octanol–water partition coefficient (Wildman–Crippen LogP) is 2.15. The molecule has 0 radical (unpaired) electrons. The summed E-state index contributed by atoms with van der Waals surface area (Å²) in [6.07, 6.45) is 0. The Morgan fingerprint density at radius 3 is 2.33 bits per heavy atom. The molecule has 1 amide bonds. The van der Waals surface area contributed by atoms with Gasteiger partial charge in [-0.1, -0.05) is 6.07 Å². The number of rotatable bonds is 5. The quantitative estimate of drug-likeness (QED) is 0.831. The molecule has 0 aliphatic heterocycles. The Bertz CT molecular complexity index is 426. The molecular formula is C13H17NO3S. The number of hydrogen-bond donors (Lipinski definition) is 1. The van der Waals surface area contributed by atoms with Gasteiger partial charge in [0, 0.05) is 5.69 Å². The van der Waals surface area contributed by atoms with Crippen LogP contribution in [0.2, 0.25) is 0 Å². The molecule has 0 aromatic heterocycles. The molecule has 1 rings (SSSR count). The molecule has 18 heavy (non-hydrogen) atoms. The van der Waals surface area contributed by atoms with E-state index >= 15 is 0 Å². The van der Waals surface area contributed by atoms with Gasteiger partial charge in [0.25, 0.3) is 0 Å². The van der Waals surface area contributed by atoms with Crippen LogP contribution in [-0.2, 0) is 14.3 Å². The van der Waals surface area contributed by atoms with Crippen LogP contribution in [0, 0.1) is 13.8 Å². The fourth-order valence-electron chi connectivity index (χ4n) is 1.53. The van der Waals surface area contributed by atoms with Crippen molar-refractivity contribution >= 4 is 29.3 Å². The topological polar surface area (TPSA) is 55.4 Å². The van der Waals surface area contributed by atoms with Gasteiger partial charge in [-0.25, -0.2) is 0 Å². The minimum absolute atomic E-state index is 0.117. The van der Waals surface area contributed by atoms with E-state index in [1.165, 1.54) is 18.9 Å². The molecule has 0 spiro atoms. The number of esters is 1. The number of benzene rings is 1. The number of thioether (sulfide) groups is 1. The Balaban J connectivity index is 2.42. The van der Waals surface area contributed by atoms with Gasteiger partial charge in [0.05, 0.1) is 18.6 Å². The number of carbonyl (C=O) groups excluding carboxylic acids is 2. The maximum atomic E-state index is 11.6. The Morgan fingerprint density at radius 2 is 1.78 bits per heavy atom. The average Bonchev–Trinajstić information content (AvgIpc) is 2.27. The average molecular weight is 267 g/mol. The number of amides is 1. The van der Waals surface area contributed by atoms with E-state index in [0.717, 1.165) is 16.8 Å². The molecule has 0 bridgehead atoms. The van der Waals surface area contributed by atoms with Crippen molar-refractivity contribution in [1.82, 2.24) is 0 Å². The van der Waals surface area contributed by atoms with E-state index in [2.05, 4.69) is 10.1 Å². The van der Waals surface area contributed by atoms with E-state index < -0.39 is 0 Å². The molecule has 0 fully saturated rings. The highest BCUT2D eigenvalue weighted by Crippen LogP contribution is 2.14. The molecule has 1 aromatic rings. The number of hydrogen-bond acceptors (Lipinski definition) is 4.